The number of carbonyl (C=O) groups excluding carboxylic acids is 2. The van der Waals surface area contributed by atoms with E-state index >= 15 is 0 Å². The average Bonchev–Trinajstić information content (AvgIpc) is 3.24. The molecule has 2 aromatic rings. The minimum atomic E-state index is -0.674. The second-order valence-corrected chi connectivity index (χ2v) is 7.58. The van der Waals surface area contributed by atoms with Gasteiger partial charge in [0, 0.05) is 38.4 Å². The Morgan fingerprint density at radius 1 is 1.11 bits per heavy atom. The van der Waals surface area contributed by atoms with E-state index in [-0.39, 0.29) is 6.04 Å². The number of nitrogens with zero attached hydrogens (tertiary/aromatic N) is 2. The van der Waals surface area contributed by atoms with Crippen LogP contribution in [0, 0.1) is 0 Å². The van der Waals surface area contributed by atoms with Crippen LogP contribution in [0.5, 0.6) is 5.75 Å². The fourth-order valence-electron chi connectivity index (χ4n) is 3.19. The highest BCUT2D eigenvalue weighted by Gasteiger charge is 2.25. The first-order valence-corrected chi connectivity index (χ1v) is 10.2. The standard InChI is InChI=1S/C20H26N4O3S/c1-23-8-10-24(11-9-23)18(15-7-12-28-14-15)13-21-19(25)20(26)22-16-3-5-17(27-2)6-4-16/h3-7,12,14,18H,8-11,13H2,1-2H3,(H,21,25)(H,22,26)/t18-/m1/s1. The van der Waals surface area contributed by atoms with Gasteiger partial charge in [-0.05, 0) is 53.7 Å². The van der Waals surface area contributed by atoms with Crippen molar-refractivity contribution in [1.29, 1.82) is 0 Å². The van der Waals surface area contributed by atoms with Crippen molar-refractivity contribution in [2.75, 3.05) is 52.2 Å². The molecule has 0 unspecified atom stereocenters. The molecule has 1 aromatic heterocycles. The molecular formula is C20H26N4O3S. The molecule has 7 nitrogen and oxygen atoms in total. The van der Waals surface area contributed by atoms with Crippen LogP contribution in [0.4, 0.5) is 5.69 Å². The molecule has 8 heteroatoms. The molecule has 1 aliphatic rings. The molecule has 2 N–H and O–H groups in total. The van der Waals surface area contributed by atoms with Gasteiger partial charge in [0.05, 0.1) is 13.2 Å². The molecule has 2 heterocycles. The van der Waals surface area contributed by atoms with E-state index in [2.05, 4.69) is 38.9 Å². The molecule has 0 bridgehead atoms. The van der Waals surface area contributed by atoms with Crippen molar-refractivity contribution < 1.29 is 14.3 Å². The lowest BCUT2D eigenvalue weighted by Crippen LogP contribution is -2.49. The monoisotopic (exact) mass is 402 g/mol. The van der Waals surface area contributed by atoms with Crippen molar-refractivity contribution in [1.82, 2.24) is 15.1 Å². The second kappa shape index (κ2) is 9.68. The maximum absolute atomic E-state index is 12.3. The molecule has 1 aromatic carbocycles. The number of piperazine rings is 1. The lowest BCUT2D eigenvalue weighted by atomic mass is 10.1. The third kappa shape index (κ3) is 5.31. The highest BCUT2D eigenvalue weighted by Crippen LogP contribution is 2.23. The summed E-state index contributed by atoms with van der Waals surface area (Å²) in [5, 5.41) is 9.55. The predicted molar refractivity (Wildman–Crippen MR) is 111 cm³/mol. The number of anilines is 1. The molecule has 0 saturated carbocycles. The number of amides is 2. The molecule has 2 amide bonds. The highest BCUT2D eigenvalue weighted by atomic mass is 32.1. The summed E-state index contributed by atoms with van der Waals surface area (Å²) in [5.41, 5.74) is 1.72. The summed E-state index contributed by atoms with van der Waals surface area (Å²) in [7, 11) is 3.69. The molecule has 3 rings (SSSR count). The van der Waals surface area contributed by atoms with Gasteiger partial charge in [-0.1, -0.05) is 0 Å². The van der Waals surface area contributed by atoms with E-state index in [9.17, 15) is 9.59 Å². The summed E-state index contributed by atoms with van der Waals surface area (Å²) in [4.78, 5) is 29.2. The quantitative estimate of drug-likeness (QED) is 0.721. The lowest BCUT2D eigenvalue weighted by molar-refractivity contribution is -0.136. The zero-order valence-corrected chi connectivity index (χ0v) is 17.0. The van der Waals surface area contributed by atoms with E-state index in [0.29, 0.717) is 18.0 Å². The minimum absolute atomic E-state index is 0.0673. The van der Waals surface area contributed by atoms with Crippen molar-refractivity contribution in [3.8, 4) is 5.75 Å². The average molecular weight is 403 g/mol. The van der Waals surface area contributed by atoms with Crippen molar-refractivity contribution >= 4 is 28.8 Å². The largest absolute Gasteiger partial charge is 0.497 e. The Hall–Kier alpha value is -2.42. The van der Waals surface area contributed by atoms with Gasteiger partial charge in [0.1, 0.15) is 5.75 Å². The maximum Gasteiger partial charge on any atom is 0.313 e. The Morgan fingerprint density at radius 3 is 2.43 bits per heavy atom. The van der Waals surface area contributed by atoms with E-state index in [1.54, 1.807) is 42.7 Å². The van der Waals surface area contributed by atoms with Crippen LogP contribution in [0.3, 0.4) is 0 Å². The maximum atomic E-state index is 12.3. The molecule has 0 aliphatic carbocycles. The van der Waals surface area contributed by atoms with Gasteiger partial charge in [-0.3, -0.25) is 14.5 Å². The Bertz CT molecular complexity index is 771. The molecular weight excluding hydrogens is 376 g/mol. The third-order valence-corrected chi connectivity index (χ3v) is 5.62. The van der Waals surface area contributed by atoms with Crippen LogP contribution in [0.15, 0.2) is 41.1 Å². The highest BCUT2D eigenvalue weighted by molar-refractivity contribution is 7.08. The van der Waals surface area contributed by atoms with E-state index in [1.165, 1.54) is 5.56 Å². The zero-order valence-electron chi connectivity index (χ0n) is 16.2. The summed E-state index contributed by atoms with van der Waals surface area (Å²) in [5.74, 6) is -0.619. The number of thiophene rings is 1. The van der Waals surface area contributed by atoms with Gasteiger partial charge in [-0.2, -0.15) is 11.3 Å². The molecule has 1 fully saturated rings. The fourth-order valence-corrected chi connectivity index (χ4v) is 3.89. The molecule has 150 valence electrons. The molecule has 1 aliphatic heterocycles. The van der Waals surface area contributed by atoms with Gasteiger partial charge in [0.15, 0.2) is 0 Å². The summed E-state index contributed by atoms with van der Waals surface area (Å²) in [6.45, 7) is 4.25. The molecule has 0 spiro atoms. The van der Waals surface area contributed by atoms with Crippen molar-refractivity contribution in [2.45, 2.75) is 6.04 Å². The van der Waals surface area contributed by atoms with Gasteiger partial charge in [0.2, 0.25) is 0 Å². The summed E-state index contributed by atoms with van der Waals surface area (Å²) in [6, 6.07) is 9.00. The number of hydrogen-bond acceptors (Lipinski definition) is 6. The van der Waals surface area contributed by atoms with Crippen LogP contribution in [0.25, 0.3) is 0 Å². The number of carbonyl (C=O) groups is 2. The van der Waals surface area contributed by atoms with Gasteiger partial charge < -0.3 is 20.3 Å². The summed E-state index contributed by atoms with van der Waals surface area (Å²) >= 11 is 1.64. The van der Waals surface area contributed by atoms with Crippen LogP contribution in [0.1, 0.15) is 11.6 Å². The first-order chi connectivity index (χ1) is 13.6. The number of benzene rings is 1. The van der Waals surface area contributed by atoms with Gasteiger partial charge in [-0.15, -0.1) is 0 Å². The van der Waals surface area contributed by atoms with Crippen molar-refractivity contribution in [3.63, 3.8) is 0 Å². The predicted octanol–water partition coefficient (Wildman–Crippen LogP) is 1.80. The normalized spacial score (nSPS) is 16.4. The van der Waals surface area contributed by atoms with E-state index in [4.69, 9.17) is 4.74 Å². The number of nitrogens with one attached hydrogen (secondary N) is 2. The SMILES string of the molecule is COc1ccc(NC(=O)C(=O)NC[C@H](c2ccsc2)N2CCN(C)CC2)cc1. The first-order valence-electron chi connectivity index (χ1n) is 9.24. The number of methoxy groups -OCH3 is 1. The van der Waals surface area contributed by atoms with Crippen LogP contribution < -0.4 is 15.4 Å². The lowest BCUT2D eigenvalue weighted by Gasteiger charge is -2.37. The van der Waals surface area contributed by atoms with Crippen LogP contribution in [0.2, 0.25) is 0 Å². The Morgan fingerprint density at radius 2 is 1.82 bits per heavy atom. The van der Waals surface area contributed by atoms with Gasteiger partial charge in [-0.25, -0.2) is 0 Å². The van der Waals surface area contributed by atoms with Gasteiger partial charge in [0.25, 0.3) is 0 Å². The van der Waals surface area contributed by atoms with E-state index in [0.717, 1.165) is 26.2 Å². The second-order valence-electron chi connectivity index (χ2n) is 6.80. The van der Waals surface area contributed by atoms with Crippen LogP contribution >= 0.6 is 11.3 Å². The molecule has 1 saturated heterocycles. The Labute approximate surface area is 169 Å². The number of ether oxygens (including phenoxy) is 1. The zero-order chi connectivity index (χ0) is 19.9. The Balaban J connectivity index is 1.57. The summed E-state index contributed by atoms with van der Waals surface area (Å²) in [6.07, 6.45) is 0. The summed E-state index contributed by atoms with van der Waals surface area (Å²) < 4.78 is 5.09. The van der Waals surface area contributed by atoms with Crippen LogP contribution in [-0.2, 0) is 9.59 Å². The smallest absolute Gasteiger partial charge is 0.313 e. The third-order valence-electron chi connectivity index (χ3n) is 4.92. The van der Waals surface area contributed by atoms with Crippen molar-refractivity contribution in [3.05, 3.63) is 46.7 Å². The van der Waals surface area contributed by atoms with E-state index < -0.39 is 11.8 Å². The Kier molecular flexibility index (Phi) is 7.02. The van der Waals surface area contributed by atoms with E-state index in [1.807, 2.05) is 5.38 Å². The van der Waals surface area contributed by atoms with Crippen molar-refractivity contribution in [2.24, 2.45) is 0 Å². The topological polar surface area (TPSA) is 73.9 Å². The molecule has 1 atom stereocenters. The minimum Gasteiger partial charge on any atom is -0.497 e. The fraction of sp³-hybridized carbons (Fsp3) is 0.400. The number of hydrogen-bond donors (Lipinski definition) is 2. The van der Waals surface area contributed by atoms with Gasteiger partial charge >= 0.3 is 11.8 Å². The number of likely N-dealkylation sites (N-methyl/N-ethyl adjacent to an activating group) is 1. The van der Waals surface area contributed by atoms with Crippen LogP contribution in [-0.4, -0.2) is 68.5 Å². The first kappa shape index (κ1) is 20.3. The molecule has 28 heavy (non-hydrogen) atoms. The molecule has 0 radical (unpaired) electrons. The number of rotatable bonds is 6.